The molecule has 0 saturated heterocycles. The van der Waals surface area contributed by atoms with Gasteiger partial charge in [0.15, 0.2) is 0 Å². The molecule has 0 aliphatic heterocycles. The van der Waals surface area contributed by atoms with E-state index in [9.17, 15) is 9.59 Å². The predicted molar refractivity (Wildman–Crippen MR) is 132 cm³/mol. The van der Waals surface area contributed by atoms with Crippen LogP contribution in [-0.2, 0) is 21.9 Å². The van der Waals surface area contributed by atoms with Gasteiger partial charge in [-0.25, -0.2) is 0 Å². The van der Waals surface area contributed by atoms with E-state index in [2.05, 4.69) is 24.4 Å². The van der Waals surface area contributed by atoms with Gasteiger partial charge in [0.05, 0.1) is 15.8 Å². The fourth-order valence-electron chi connectivity index (χ4n) is 3.22. The van der Waals surface area contributed by atoms with Crippen molar-refractivity contribution in [2.75, 3.05) is 12.3 Å². The molecule has 0 aromatic heterocycles. The molecule has 2 amide bonds. The van der Waals surface area contributed by atoms with Crippen LogP contribution in [0.5, 0.6) is 0 Å². The lowest BCUT2D eigenvalue weighted by molar-refractivity contribution is -0.139. The number of carbonyl (C=O) groups is 2. The molecule has 168 valence electrons. The molecular formula is C24H30Cl2N2O2S. The Morgan fingerprint density at radius 1 is 1.10 bits per heavy atom. The van der Waals surface area contributed by atoms with Gasteiger partial charge in [-0.15, -0.1) is 11.8 Å². The first-order valence-corrected chi connectivity index (χ1v) is 12.4. The van der Waals surface area contributed by atoms with E-state index in [-0.39, 0.29) is 11.8 Å². The Labute approximate surface area is 199 Å². The van der Waals surface area contributed by atoms with E-state index >= 15 is 0 Å². The lowest BCUT2D eigenvalue weighted by Gasteiger charge is -2.30. The van der Waals surface area contributed by atoms with Crippen LogP contribution in [0, 0.1) is 6.92 Å². The van der Waals surface area contributed by atoms with Gasteiger partial charge in [0.1, 0.15) is 6.04 Å². The third kappa shape index (κ3) is 7.74. The van der Waals surface area contributed by atoms with Gasteiger partial charge in [-0.1, -0.05) is 67.4 Å². The molecule has 4 nitrogen and oxygen atoms in total. The summed E-state index contributed by atoms with van der Waals surface area (Å²) in [6.45, 7) is 6.89. The zero-order valence-electron chi connectivity index (χ0n) is 18.3. The lowest BCUT2D eigenvalue weighted by Crippen LogP contribution is -2.49. The van der Waals surface area contributed by atoms with E-state index < -0.39 is 6.04 Å². The second kappa shape index (κ2) is 13.0. The molecule has 2 aromatic carbocycles. The normalized spacial score (nSPS) is 11.8. The predicted octanol–water partition coefficient (Wildman–Crippen LogP) is 5.87. The highest BCUT2D eigenvalue weighted by Gasteiger charge is 2.28. The highest BCUT2D eigenvalue weighted by Crippen LogP contribution is 2.25. The molecule has 0 heterocycles. The van der Waals surface area contributed by atoms with Crippen molar-refractivity contribution in [1.29, 1.82) is 0 Å². The summed E-state index contributed by atoms with van der Waals surface area (Å²) in [6.07, 6.45) is 1.38. The molecule has 0 aliphatic rings. The average molecular weight is 481 g/mol. The standard InChI is InChI=1S/C24H30Cl2N2O2S/c1-4-12-27-24(30)22(5-2)28(14-18-10-11-20(25)21(26)13-18)23(29)16-31-15-19-9-7-6-8-17(19)3/h6-11,13,22H,4-5,12,14-16H2,1-3H3,(H,27,30)/t22-/m1/s1. The SMILES string of the molecule is CCCNC(=O)[C@@H](CC)N(Cc1ccc(Cl)c(Cl)c1)C(=O)CSCc1ccccc1C. The molecule has 0 unspecified atom stereocenters. The Morgan fingerprint density at radius 2 is 1.84 bits per heavy atom. The van der Waals surface area contributed by atoms with Crippen LogP contribution in [0.1, 0.15) is 43.4 Å². The van der Waals surface area contributed by atoms with E-state index in [1.807, 2.05) is 32.0 Å². The summed E-state index contributed by atoms with van der Waals surface area (Å²) in [5.41, 5.74) is 3.26. The van der Waals surface area contributed by atoms with Crippen LogP contribution in [0.2, 0.25) is 10.0 Å². The van der Waals surface area contributed by atoms with Gasteiger partial charge in [-0.2, -0.15) is 0 Å². The summed E-state index contributed by atoms with van der Waals surface area (Å²) in [4.78, 5) is 27.7. The van der Waals surface area contributed by atoms with Crippen LogP contribution in [0.4, 0.5) is 0 Å². The summed E-state index contributed by atoms with van der Waals surface area (Å²) in [5, 5.41) is 3.82. The van der Waals surface area contributed by atoms with E-state index in [4.69, 9.17) is 23.2 Å². The van der Waals surface area contributed by atoms with Gasteiger partial charge in [0.2, 0.25) is 11.8 Å². The van der Waals surface area contributed by atoms with Crippen molar-refractivity contribution in [2.24, 2.45) is 0 Å². The molecule has 0 fully saturated rings. The quantitative estimate of drug-likeness (QED) is 0.437. The first kappa shape index (κ1) is 25.6. The molecule has 7 heteroatoms. The van der Waals surface area contributed by atoms with Gasteiger partial charge in [-0.3, -0.25) is 9.59 Å². The van der Waals surface area contributed by atoms with Crippen LogP contribution in [0.3, 0.4) is 0 Å². The fourth-order valence-corrected chi connectivity index (χ4v) is 4.53. The maximum Gasteiger partial charge on any atom is 0.242 e. The van der Waals surface area contributed by atoms with Gasteiger partial charge in [0, 0.05) is 18.8 Å². The van der Waals surface area contributed by atoms with Crippen molar-refractivity contribution in [3.8, 4) is 0 Å². The van der Waals surface area contributed by atoms with Crippen molar-refractivity contribution in [1.82, 2.24) is 10.2 Å². The third-order valence-corrected chi connectivity index (χ3v) is 6.72. The number of benzene rings is 2. The van der Waals surface area contributed by atoms with Gasteiger partial charge >= 0.3 is 0 Å². The number of aryl methyl sites for hydroxylation is 1. The number of thioether (sulfide) groups is 1. The van der Waals surface area contributed by atoms with Crippen LogP contribution in [-0.4, -0.2) is 35.1 Å². The molecule has 2 aromatic rings. The third-order valence-electron chi connectivity index (χ3n) is 5.02. The smallest absolute Gasteiger partial charge is 0.242 e. The maximum atomic E-state index is 13.2. The van der Waals surface area contributed by atoms with Crippen molar-refractivity contribution in [2.45, 2.75) is 52.0 Å². The molecule has 0 radical (unpaired) electrons. The van der Waals surface area contributed by atoms with Crippen LogP contribution >= 0.6 is 35.0 Å². The summed E-state index contributed by atoms with van der Waals surface area (Å²) in [5.74, 6) is 0.857. The number of halogens is 2. The van der Waals surface area contributed by atoms with E-state index in [1.54, 1.807) is 28.8 Å². The van der Waals surface area contributed by atoms with E-state index in [0.717, 1.165) is 17.7 Å². The number of nitrogens with one attached hydrogen (secondary N) is 1. The number of nitrogens with zero attached hydrogens (tertiary/aromatic N) is 1. The Bertz CT molecular complexity index is 892. The maximum absolute atomic E-state index is 13.2. The molecular weight excluding hydrogens is 451 g/mol. The minimum Gasteiger partial charge on any atom is -0.354 e. The molecule has 0 bridgehead atoms. The van der Waals surface area contributed by atoms with Crippen LogP contribution in [0.25, 0.3) is 0 Å². The number of hydrogen-bond acceptors (Lipinski definition) is 3. The highest BCUT2D eigenvalue weighted by atomic mass is 35.5. The number of rotatable bonds is 11. The summed E-state index contributed by atoms with van der Waals surface area (Å²) >= 11 is 13.8. The molecule has 0 spiro atoms. The number of amides is 2. The van der Waals surface area contributed by atoms with Crippen molar-refractivity contribution in [3.05, 3.63) is 69.2 Å². The summed E-state index contributed by atoms with van der Waals surface area (Å²) in [6, 6.07) is 12.9. The highest BCUT2D eigenvalue weighted by molar-refractivity contribution is 7.99. The Morgan fingerprint density at radius 3 is 2.48 bits per heavy atom. The lowest BCUT2D eigenvalue weighted by atomic mass is 10.1. The fraction of sp³-hybridized carbons (Fsp3) is 0.417. The minimum atomic E-state index is -0.535. The van der Waals surface area contributed by atoms with Gasteiger partial charge < -0.3 is 10.2 Å². The second-order valence-electron chi connectivity index (χ2n) is 7.40. The van der Waals surface area contributed by atoms with E-state index in [1.165, 1.54) is 11.1 Å². The molecule has 0 aliphatic carbocycles. The zero-order valence-corrected chi connectivity index (χ0v) is 20.6. The first-order valence-electron chi connectivity index (χ1n) is 10.5. The summed E-state index contributed by atoms with van der Waals surface area (Å²) in [7, 11) is 0. The van der Waals surface area contributed by atoms with Crippen LogP contribution < -0.4 is 5.32 Å². The average Bonchev–Trinajstić information content (AvgIpc) is 2.75. The zero-order chi connectivity index (χ0) is 22.8. The van der Waals surface area contributed by atoms with Crippen molar-refractivity contribution >= 4 is 46.8 Å². The van der Waals surface area contributed by atoms with Crippen molar-refractivity contribution in [3.63, 3.8) is 0 Å². The Kier molecular flexibility index (Phi) is 10.7. The molecule has 2 rings (SSSR count). The molecule has 1 N–H and O–H groups in total. The minimum absolute atomic E-state index is 0.0665. The van der Waals surface area contributed by atoms with Crippen molar-refractivity contribution < 1.29 is 9.59 Å². The van der Waals surface area contributed by atoms with E-state index in [0.29, 0.717) is 35.3 Å². The largest absolute Gasteiger partial charge is 0.354 e. The van der Waals surface area contributed by atoms with Gasteiger partial charge in [0.25, 0.3) is 0 Å². The molecule has 31 heavy (non-hydrogen) atoms. The molecule has 1 atom stereocenters. The Hall–Kier alpha value is -1.69. The van der Waals surface area contributed by atoms with Gasteiger partial charge in [-0.05, 0) is 48.6 Å². The second-order valence-corrected chi connectivity index (χ2v) is 9.20. The topological polar surface area (TPSA) is 49.4 Å². The number of hydrogen-bond donors (Lipinski definition) is 1. The first-order chi connectivity index (χ1) is 14.9. The monoisotopic (exact) mass is 480 g/mol. The molecule has 0 saturated carbocycles. The number of carbonyl (C=O) groups excluding carboxylic acids is 2. The van der Waals surface area contributed by atoms with Crippen LogP contribution in [0.15, 0.2) is 42.5 Å². The Balaban J connectivity index is 2.16. The summed E-state index contributed by atoms with van der Waals surface area (Å²) < 4.78 is 0.